The minimum atomic E-state index is -0.566. The van der Waals surface area contributed by atoms with E-state index >= 15 is 0 Å². The van der Waals surface area contributed by atoms with Crippen LogP contribution in [0.25, 0.3) is 0 Å². The molecule has 3 N–H and O–H groups in total. The van der Waals surface area contributed by atoms with Crippen LogP contribution in [0.2, 0.25) is 10.0 Å². The largest absolute Gasteiger partial charge is 0.459 e. The van der Waals surface area contributed by atoms with Gasteiger partial charge in [-0.15, -0.1) is 0 Å². The Hall–Kier alpha value is -2.30. The summed E-state index contributed by atoms with van der Waals surface area (Å²) in [5.74, 6) is -1.31. The first kappa shape index (κ1) is 25.3. The van der Waals surface area contributed by atoms with E-state index in [1.54, 1.807) is 20.8 Å². The van der Waals surface area contributed by atoms with Crippen molar-refractivity contribution in [1.29, 1.82) is 0 Å². The number of H-pyrrole nitrogens is 1. The Morgan fingerprint density at radius 1 is 1.18 bits per heavy atom. The van der Waals surface area contributed by atoms with Crippen LogP contribution >= 0.6 is 34.5 Å². The molecule has 0 aliphatic carbocycles. The lowest BCUT2D eigenvalue weighted by Crippen LogP contribution is -2.36. The molecule has 1 aliphatic heterocycles. The fourth-order valence-electron chi connectivity index (χ4n) is 3.54. The number of esters is 1. The Morgan fingerprint density at radius 3 is 2.52 bits per heavy atom. The van der Waals surface area contributed by atoms with Gasteiger partial charge >= 0.3 is 5.97 Å². The van der Waals surface area contributed by atoms with Crippen molar-refractivity contribution in [3.63, 3.8) is 0 Å². The third-order valence-electron chi connectivity index (χ3n) is 5.20. The number of hydrogen-bond donors (Lipinski definition) is 3. The maximum Gasteiger partial charge on any atom is 0.351 e. The van der Waals surface area contributed by atoms with Gasteiger partial charge in [0.25, 0.3) is 11.8 Å². The van der Waals surface area contributed by atoms with E-state index < -0.39 is 11.9 Å². The Balaban J connectivity index is 1.71. The van der Waals surface area contributed by atoms with Crippen molar-refractivity contribution < 1.29 is 19.1 Å². The second kappa shape index (κ2) is 10.8. The number of anilines is 1. The molecular weight excluding hydrogens is 489 g/mol. The fraction of sp³-hybridized carbons (Fsp3) is 0.524. The number of nitrogens with one attached hydrogen (secondary N) is 3. The summed E-state index contributed by atoms with van der Waals surface area (Å²) in [7, 11) is 1.49. The topological polar surface area (TPSA) is 116 Å². The predicted molar refractivity (Wildman–Crippen MR) is 129 cm³/mol. The van der Waals surface area contributed by atoms with E-state index in [0.29, 0.717) is 35.4 Å². The van der Waals surface area contributed by atoms with Crippen molar-refractivity contribution in [2.24, 2.45) is 0 Å². The number of aromatic amines is 1. The lowest BCUT2D eigenvalue weighted by Gasteiger charge is -2.19. The summed E-state index contributed by atoms with van der Waals surface area (Å²) in [4.78, 5) is 47.0. The Morgan fingerprint density at radius 2 is 1.91 bits per heavy atom. The summed E-state index contributed by atoms with van der Waals surface area (Å²) in [6.45, 7) is 6.53. The molecule has 33 heavy (non-hydrogen) atoms. The molecule has 1 fully saturated rings. The smallest absolute Gasteiger partial charge is 0.351 e. The summed E-state index contributed by atoms with van der Waals surface area (Å²) in [6, 6.07) is -0.0651. The van der Waals surface area contributed by atoms with Gasteiger partial charge in [-0.3, -0.25) is 9.59 Å². The normalized spacial score (nSPS) is 16.5. The maximum absolute atomic E-state index is 12.7. The molecule has 1 aliphatic rings. The van der Waals surface area contributed by atoms with Crippen LogP contribution in [0.5, 0.6) is 0 Å². The number of aryl methyl sites for hydroxylation is 1. The van der Waals surface area contributed by atoms with Gasteiger partial charge in [-0.05, 0) is 40.0 Å². The molecule has 0 radical (unpaired) electrons. The zero-order valence-corrected chi connectivity index (χ0v) is 21.2. The SMILES string of the molecule is CNC(=O)c1nc(N2CCCC(NC(=O)c3[nH]c(C)c(Cl)c3Cl)CC2)sc1C(=O)OC(C)C. The number of hydrogen-bond acceptors (Lipinski definition) is 7. The van der Waals surface area contributed by atoms with E-state index in [2.05, 4.69) is 20.6 Å². The second-order valence-electron chi connectivity index (χ2n) is 8.05. The number of thiazole rings is 1. The van der Waals surface area contributed by atoms with Gasteiger partial charge in [0, 0.05) is 31.9 Å². The molecule has 180 valence electrons. The summed E-state index contributed by atoms with van der Waals surface area (Å²) >= 11 is 13.4. The number of carbonyl (C=O) groups excluding carboxylic acids is 3. The van der Waals surface area contributed by atoms with Crippen molar-refractivity contribution in [1.82, 2.24) is 20.6 Å². The highest BCUT2D eigenvalue weighted by Gasteiger charge is 2.28. The molecule has 1 saturated heterocycles. The van der Waals surface area contributed by atoms with Crippen LogP contribution in [0.15, 0.2) is 0 Å². The Kier molecular flexibility index (Phi) is 8.25. The van der Waals surface area contributed by atoms with E-state index in [4.69, 9.17) is 27.9 Å². The average molecular weight is 516 g/mol. The standard InChI is InChI=1S/C21H27Cl2N5O4S/c1-10(2)32-20(31)17-16(18(29)24-4)27-21(33-17)28-8-5-6-12(7-9-28)26-19(30)15-14(23)13(22)11(3)25-15/h10,12,25H,5-9H2,1-4H3,(H,24,29)(H,26,30). The molecule has 1 atom stereocenters. The highest BCUT2D eigenvalue weighted by atomic mass is 35.5. The van der Waals surface area contributed by atoms with Crippen molar-refractivity contribution >= 4 is 57.5 Å². The lowest BCUT2D eigenvalue weighted by molar-refractivity contribution is 0.0380. The summed E-state index contributed by atoms with van der Waals surface area (Å²) in [5, 5.41) is 6.67. The predicted octanol–water partition coefficient (Wildman–Crippen LogP) is 3.80. The highest BCUT2D eigenvalue weighted by molar-refractivity contribution is 7.17. The van der Waals surface area contributed by atoms with Crippen LogP contribution in [-0.2, 0) is 4.74 Å². The molecule has 0 aromatic carbocycles. The van der Waals surface area contributed by atoms with Crippen molar-refractivity contribution in [3.05, 3.63) is 32.0 Å². The number of carbonyl (C=O) groups is 3. The highest BCUT2D eigenvalue weighted by Crippen LogP contribution is 2.31. The van der Waals surface area contributed by atoms with Gasteiger partial charge in [0.1, 0.15) is 10.6 Å². The molecule has 0 saturated carbocycles. The van der Waals surface area contributed by atoms with E-state index in [1.165, 1.54) is 7.05 Å². The minimum absolute atomic E-state index is 0.0610. The van der Waals surface area contributed by atoms with Gasteiger partial charge in [0.05, 0.1) is 16.1 Å². The van der Waals surface area contributed by atoms with Gasteiger partial charge in [-0.2, -0.15) is 0 Å². The van der Waals surface area contributed by atoms with Crippen LogP contribution in [0.1, 0.15) is 69.5 Å². The van der Waals surface area contributed by atoms with Crippen molar-refractivity contribution in [3.8, 4) is 0 Å². The number of aromatic nitrogens is 2. The molecule has 3 heterocycles. The van der Waals surface area contributed by atoms with Gasteiger partial charge < -0.3 is 25.3 Å². The fourth-order valence-corrected chi connectivity index (χ4v) is 4.95. The van der Waals surface area contributed by atoms with Crippen molar-refractivity contribution in [2.75, 3.05) is 25.0 Å². The molecule has 0 spiro atoms. The summed E-state index contributed by atoms with van der Waals surface area (Å²) < 4.78 is 5.28. The first-order valence-electron chi connectivity index (χ1n) is 10.7. The van der Waals surface area contributed by atoms with Crippen LogP contribution < -0.4 is 15.5 Å². The van der Waals surface area contributed by atoms with Crippen LogP contribution in [0.3, 0.4) is 0 Å². The molecule has 2 aromatic heterocycles. The zero-order valence-electron chi connectivity index (χ0n) is 18.9. The van der Waals surface area contributed by atoms with Crippen LogP contribution in [0, 0.1) is 6.92 Å². The third kappa shape index (κ3) is 5.80. The molecular formula is C21H27Cl2N5O4S. The quantitative estimate of drug-likeness (QED) is 0.503. The average Bonchev–Trinajstić information content (AvgIpc) is 3.22. The number of ether oxygens (including phenoxy) is 1. The van der Waals surface area contributed by atoms with E-state index in [9.17, 15) is 14.4 Å². The van der Waals surface area contributed by atoms with Crippen LogP contribution in [0.4, 0.5) is 5.13 Å². The molecule has 3 rings (SSSR count). The number of halogens is 2. The van der Waals surface area contributed by atoms with Gasteiger partial charge in [-0.1, -0.05) is 34.5 Å². The summed E-state index contributed by atoms with van der Waals surface area (Å²) in [6.07, 6.45) is 1.92. The van der Waals surface area contributed by atoms with Crippen molar-refractivity contribution in [2.45, 2.75) is 52.2 Å². The lowest BCUT2D eigenvalue weighted by atomic mass is 10.1. The molecule has 0 bridgehead atoms. The minimum Gasteiger partial charge on any atom is -0.459 e. The maximum atomic E-state index is 12.7. The molecule has 12 heteroatoms. The van der Waals surface area contributed by atoms with E-state index in [-0.39, 0.29) is 39.3 Å². The molecule has 2 amide bonds. The molecule has 2 aromatic rings. The monoisotopic (exact) mass is 515 g/mol. The number of rotatable bonds is 6. The Labute approximate surface area is 206 Å². The van der Waals surface area contributed by atoms with E-state index in [0.717, 1.165) is 24.2 Å². The van der Waals surface area contributed by atoms with E-state index in [1.807, 2.05) is 4.90 Å². The Bertz CT molecular complexity index is 1050. The number of nitrogens with zero attached hydrogens (tertiary/aromatic N) is 2. The zero-order chi connectivity index (χ0) is 24.3. The van der Waals surface area contributed by atoms with Gasteiger partial charge in [-0.25, -0.2) is 9.78 Å². The van der Waals surface area contributed by atoms with Gasteiger partial charge in [0.15, 0.2) is 10.8 Å². The van der Waals surface area contributed by atoms with Crippen LogP contribution in [-0.4, -0.2) is 60.0 Å². The number of amides is 2. The first-order valence-corrected chi connectivity index (χ1v) is 12.2. The van der Waals surface area contributed by atoms with Gasteiger partial charge in [0.2, 0.25) is 0 Å². The summed E-state index contributed by atoms with van der Waals surface area (Å²) in [5.41, 5.74) is 0.955. The second-order valence-corrected chi connectivity index (χ2v) is 9.78. The molecule has 9 nitrogen and oxygen atoms in total. The third-order valence-corrected chi connectivity index (χ3v) is 7.24. The first-order chi connectivity index (χ1) is 15.6. The molecule has 1 unspecified atom stereocenters.